The SMILES string of the molecule is CC(C)CNCc1ccccc1OC1CCOCC1. The predicted molar refractivity (Wildman–Crippen MR) is 77.5 cm³/mol. The van der Waals surface area contributed by atoms with Crippen LogP contribution < -0.4 is 10.1 Å². The summed E-state index contributed by atoms with van der Waals surface area (Å²) in [6.45, 7) is 7.98. The first-order valence-corrected chi connectivity index (χ1v) is 7.28. The Kier molecular flexibility index (Phi) is 5.67. The van der Waals surface area contributed by atoms with Crippen LogP contribution in [0.3, 0.4) is 0 Å². The highest BCUT2D eigenvalue weighted by Gasteiger charge is 2.16. The minimum absolute atomic E-state index is 0.306. The lowest BCUT2D eigenvalue weighted by atomic mass is 10.1. The van der Waals surface area contributed by atoms with E-state index in [9.17, 15) is 0 Å². The molecule has 0 amide bonds. The van der Waals surface area contributed by atoms with E-state index in [0.717, 1.165) is 44.9 Å². The van der Waals surface area contributed by atoms with Crippen molar-refractivity contribution >= 4 is 0 Å². The molecule has 3 heteroatoms. The summed E-state index contributed by atoms with van der Waals surface area (Å²) in [5.74, 6) is 1.69. The lowest BCUT2D eigenvalue weighted by Gasteiger charge is -2.24. The molecule has 1 fully saturated rings. The van der Waals surface area contributed by atoms with Gasteiger partial charge in [-0.05, 0) is 18.5 Å². The van der Waals surface area contributed by atoms with Gasteiger partial charge in [-0.2, -0.15) is 0 Å². The molecule has 2 rings (SSSR count). The molecule has 0 unspecified atom stereocenters. The van der Waals surface area contributed by atoms with E-state index in [0.29, 0.717) is 12.0 Å². The number of ether oxygens (including phenoxy) is 2. The molecule has 1 saturated heterocycles. The molecular weight excluding hydrogens is 238 g/mol. The summed E-state index contributed by atoms with van der Waals surface area (Å²) in [5.41, 5.74) is 1.25. The van der Waals surface area contributed by atoms with E-state index in [1.165, 1.54) is 5.56 Å². The van der Waals surface area contributed by atoms with Gasteiger partial charge >= 0.3 is 0 Å². The molecule has 0 aliphatic carbocycles. The highest BCUT2D eigenvalue weighted by Crippen LogP contribution is 2.22. The molecule has 1 aromatic carbocycles. The Balaban J connectivity index is 1.91. The number of hydrogen-bond donors (Lipinski definition) is 1. The normalized spacial score (nSPS) is 16.8. The van der Waals surface area contributed by atoms with Gasteiger partial charge in [0.15, 0.2) is 0 Å². The maximum Gasteiger partial charge on any atom is 0.124 e. The van der Waals surface area contributed by atoms with E-state index in [1.54, 1.807) is 0 Å². The van der Waals surface area contributed by atoms with Gasteiger partial charge in [0.1, 0.15) is 11.9 Å². The zero-order valence-corrected chi connectivity index (χ0v) is 12.0. The van der Waals surface area contributed by atoms with Gasteiger partial charge in [-0.25, -0.2) is 0 Å². The Labute approximate surface area is 116 Å². The molecule has 0 spiro atoms. The summed E-state index contributed by atoms with van der Waals surface area (Å²) in [5, 5.41) is 3.47. The minimum atomic E-state index is 0.306. The van der Waals surface area contributed by atoms with Crippen LogP contribution in [0.5, 0.6) is 5.75 Å². The van der Waals surface area contributed by atoms with Crippen molar-refractivity contribution in [1.29, 1.82) is 0 Å². The van der Waals surface area contributed by atoms with Crippen LogP contribution in [0.2, 0.25) is 0 Å². The maximum atomic E-state index is 6.12. The summed E-state index contributed by atoms with van der Waals surface area (Å²) in [4.78, 5) is 0. The molecule has 1 heterocycles. The number of para-hydroxylation sites is 1. The third kappa shape index (κ3) is 4.84. The second kappa shape index (κ2) is 7.51. The summed E-state index contributed by atoms with van der Waals surface area (Å²) >= 11 is 0. The molecule has 0 atom stereocenters. The molecule has 0 aromatic heterocycles. The van der Waals surface area contributed by atoms with Gasteiger partial charge in [-0.1, -0.05) is 32.0 Å². The molecule has 0 radical (unpaired) electrons. The zero-order valence-electron chi connectivity index (χ0n) is 12.0. The fourth-order valence-electron chi connectivity index (χ4n) is 2.23. The topological polar surface area (TPSA) is 30.5 Å². The van der Waals surface area contributed by atoms with Crippen molar-refractivity contribution in [2.24, 2.45) is 5.92 Å². The van der Waals surface area contributed by atoms with E-state index in [2.05, 4.69) is 37.4 Å². The molecule has 3 nitrogen and oxygen atoms in total. The van der Waals surface area contributed by atoms with Gasteiger partial charge in [-0.15, -0.1) is 0 Å². The van der Waals surface area contributed by atoms with E-state index in [1.807, 2.05) is 6.07 Å². The van der Waals surface area contributed by atoms with Crippen molar-refractivity contribution in [2.75, 3.05) is 19.8 Å². The van der Waals surface area contributed by atoms with Crippen molar-refractivity contribution in [3.63, 3.8) is 0 Å². The maximum absolute atomic E-state index is 6.12. The smallest absolute Gasteiger partial charge is 0.124 e. The molecular formula is C16H25NO2. The highest BCUT2D eigenvalue weighted by atomic mass is 16.5. The number of hydrogen-bond acceptors (Lipinski definition) is 3. The fourth-order valence-corrected chi connectivity index (χ4v) is 2.23. The third-order valence-electron chi connectivity index (χ3n) is 3.30. The predicted octanol–water partition coefficient (Wildman–Crippen LogP) is 2.99. The van der Waals surface area contributed by atoms with E-state index in [4.69, 9.17) is 9.47 Å². The Bertz CT molecular complexity index is 373. The average Bonchev–Trinajstić information content (AvgIpc) is 2.41. The fraction of sp³-hybridized carbons (Fsp3) is 0.625. The molecule has 1 aliphatic rings. The van der Waals surface area contributed by atoms with Gasteiger partial charge in [0.05, 0.1) is 13.2 Å². The van der Waals surface area contributed by atoms with Crippen LogP contribution in [0.1, 0.15) is 32.3 Å². The van der Waals surface area contributed by atoms with Crippen LogP contribution in [-0.4, -0.2) is 25.9 Å². The molecule has 0 bridgehead atoms. The van der Waals surface area contributed by atoms with Crippen LogP contribution in [0.4, 0.5) is 0 Å². The van der Waals surface area contributed by atoms with E-state index < -0.39 is 0 Å². The average molecular weight is 263 g/mol. The van der Waals surface area contributed by atoms with Gasteiger partial charge < -0.3 is 14.8 Å². The molecule has 106 valence electrons. The van der Waals surface area contributed by atoms with Crippen molar-refractivity contribution < 1.29 is 9.47 Å². The third-order valence-corrected chi connectivity index (χ3v) is 3.30. The van der Waals surface area contributed by atoms with Gasteiger partial charge in [-0.3, -0.25) is 0 Å². The molecule has 19 heavy (non-hydrogen) atoms. The standard InChI is InChI=1S/C16H25NO2/c1-13(2)11-17-12-14-5-3-4-6-16(14)19-15-7-9-18-10-8-15/h3-6,13,15,17H,7-12H2,1-2H3. The van der Waals surface area contributed by atoms with Gasteiger partial charge in [0.25, 0.3) is 0 Å². The number of rotatable bonds is 6. The van der Waals surface area contributed by atoms with Gasteiger partial charge in [0.2, 0.25) is 0 Å². The molecule has 1 N–H and O–H groups in total. The van der Waals surface area contributed by atoms with Crippen LogP contribution in [0.15, 0.2) is 24.3 Å². The lowest BCUT2D eigenvalue weighted by molar-refractivity contribution is 0.0251. The first-order valence-electron chi connectivity index (χ1n) is 7.28. The highest BCUT2D eigenvalue weighted by molar-refractivity contribution is 5.33. The van der Waals surface area contributed by atoms with Crippen LogP contribution in [0, 0.1) is 5.92 Å². The first-order chi connectivity index (χ1) is 9.25. The van der Waals surface area contributed by atoms with Crippen LogP contribution in [0.25, 0.3) is 0 Å². The Morgan fingerprint density at radius 1 is 1.26 bits per heavy atom. The first kappa shape index (κ1) is 14.4. The number of nitrogens with one attached hydrogen (secondary N) is 1. The monoisotopic (exact) mass is 263 g/mol. The number of benzene rings is 1. The van der Waals surface area contributed by atoms with E-state index >= 15 is 0 Å². The van der Waals surface area contributed by atoms with Crippen molar-refractivity contribution in [3.8, 4) is 5.75 Å². The van der Waals surface area contributed by atoms with Crippen molar-refractivity contribution in [3.05, 3.63) is 29.8 Å². The van der Waals surface area contributed by atoms with Crippen LogP contribution >= 0.6 is 0 Å². The van der Waals surface area contributed by atoms with Gasteiger partial charge in [0, 0.05) is 24.9 Å². The van der Waals surface area contributed by atoms with Crippen molar-refractivity contribution in [1.82, 2.24) is 5.32 Å². The largest absolute Gasteiger partial charge is 0.490 e. The second-order valence-corrected chi connectivity index (χ2v) is 5.56. The Hall–Kier alpha value is -1.06. The molecule has 1 aliphatic heterocycles. The lowest BCUT2D eigenvalue weighted by Crippen LogP contribution is -2.26. The zero-order chi connectivity index (χ0) is 13.5. The second-order valence-electron chi connectivity index (χ2n) is 5.56. The van der Waals surface area contributed by atoms with E-state index in [-0.39, 0.29) is 0 Å². The summed E-state index contributed by atoms with van der Waals surface area (Å²) in [6.07, 6.45) is 2.29. The summed E-state index contributed by atoms with van der Waals surface area (Å²) < 4.78 is 11.5. The Morgan fingerprint density at radius 2 is 2.00 bits per heavy atom. The quantitative estimate of drug-likeness (QED) is 0.856. The minimum Gasteiger partial charge on any atom is -0.490 e. The van der Waals surface area contributed by atoms with Crippen LogP contribution in [-0.2, 0) is 11.3 Å². The van der Waals surface area contributed by atoms with Crippen molar-refractivity contribution in [2.45, 2.75) is 39.3 Å². The summed E-state index contributed by atoms with van der Waals surface area (Å²) in [6, 6.07) is 8.33. The molecule has 1 aromatic rings. The Morgan fingerprint density at radius 3 is 2.74 bits per heavy atom. The molecule has 0 saturated carbocycles. The summed E-state index contributed by atoms with van der Waals surface area (Å²) in [7, 11) is 0.